The molecule has 3 atom stereocenters. The highest BCUT2D eigenvalue weighted by molar-refractivity contribution is 5.94. The molecule has 1 fully saturated rings. The number of ether oxygens (including phenoxy) is 1. The number of carbonyl (C=O) groups is 1. The largest absolute Gasteiger partial charge is 0.378 e. The second-order valence-corrected chi connectivity index (χ2v) is 8.22. The van der Waals surface area contributed by atoms with Crippen molar-refractivity contribution in [1.82, 2.24) is 0 Å². The number of allylic oxidation sites excluding steroid dienone is 4. The van der Waals surface area contributed by atoms with Crippen LogP contribution in [0.1, 0.15) is 72.1 Å². The van der Waals surface area contributed by atoms with Crippen LogP contribution < -0.4 is 0 Å². The molecule has 3 nitrogen and oxygen atoms in total. The van der Waals surface area contributed by atoms with Crippen LogP contribution in [0, 0.1) is 28.6 Å². The Morgan fingerprint density at radius 1 is 1.40 bits per heavy atom. The van der Waals surface area contributed by atoms with E-state index < -0.39 is 0 Å². The molecule has 2 aliphatic rings. The van der Waals surface area contributed by atoms with Crippen LogP contribution in [-0.2, 0) is 9.53 Å². The summed E-state index contributed by atoms with van der Waals surface area (Å²) in [5, 5.41) is 8.58. The Morgan fingerprint density at radius 2 is 2.20 bits per heavy atom. The first-order valence-corrected chi connectivity index (χ1v) is 9.89. The predicted octanol–water partition coefficient (Wildman–Crippen LogP) is 5.37. The summed E-state index contributed by atoms with van der Waals surface area (Å²) in [6, 6.07) is 2.16. The Bertz CT molecular complexity index is 553. The Labute approximate surface area is 153 Å². The standard InChI is InChI=1S/C22H33NO2/c1-4-5-12-22(2,3)21(24)11-10-17-8-9-18-15-19(16-20(17)18)25-14-7-6-13-23/h8,10-11,18-20H,4-7,9,12,14-16H2,1-3H3/t18-,19+,20+/m1/s1. The van der Waals surface area contributed by atoms with E-state index in [-0.39, 0.29) is 11.2 Å². The molecule has 0 spiro atoms. The molecule has 0 aromatic carbocycles. The van der Waals surface area contributed by atoms with E-state index in [1.165, 1.54) is 5.57 Å². The van der Waals surface area contributed by atoms with Gasteiger partial charge in [-0.3, -0.25) is 4.79 Å². The molecule has 0 saturated heterocycles. The lowest BCUT2D eigenvalue weighted by Gasteiger charge is -2.21. The van der Waals surface area contributed by atoms with Crippen LogP contribution in [0.4, 0.5) is 0 Å². The maximum atomic E-state index is 12.5. The van der Waals surface area contributed by atoms with Crippen LogP contribution in [0.2, 0.25) is 0 Å². The lowest BCUT2D eigenvalue weighted by Crippen LogP contribution is -2.22. The molecule has 2 aliphatic carbocycles. The average Bonchev–Trinajstić information content (AvgIpc) is 3.15. The Morgan fingerprint density at radius 3 is 2.92 bits per heavy atom. The van der Waals surface area contributed by atoms with E-state index in [4.69, 9.17) is 10.00 Å². The molecule has 25 heavy (non-hydrogen) atoms. The number of rotatable bonds is 10. The molecule has 0 radical (unpaired) electrons. The first kappa shape index (κ1) is 19.9. The molecule has 0 aromatic rings. The fourth-order valence-electron chi connectivity index (χ4n) is 4.05. The quantitative estimate of drug-likeness (QED) is 0.395. The minimum Gasteiger partial charge on any atom is -0.378 e. The van der Waals surface area contributed by atoms with Gasteiger partial charge in [0.15, 0.2) is 5.78 Å². The molecule has 0 aromatic heterocycles. The van der Waals surface area contributed by atoms with Crippen molar-refractivity contribution in [2.24, 2.45) is 17.3 Å². The SMILES string of the molecule is CCCCC(C)(C)C(=O)C=CC1=CC[C@@H]2C[C@H](OCCCC#N)C[C@@H]12. The van der Waals surface area contributed by atoms with Gasteiger partial charge >= 0.3 is 0 Å². The van der Waals surface area contributed by atoms with Crippen LogP contribution in [0.5, 0.6) is 0 Å². The second-order valence-electron chi connectivity index (χ2n) is 8.22. The number of hydrogen-bond acceptors (Lipinski definition) is 3. The summed E-state index contributed by atoms with van der Waals surface area (Å²) in [7, 11) is 0. The number of carbonyl (C=O) groups excluding carboxylic acids is 1. The van der Waals surface area contributed by atoms with Crippen molar-refractivity contribution in [3.63, 3.8) is 0 Å². The number of unbranched alkanes of at least 4 members (excludes halogenated alkanes) is 2. The molecule has 0 aliphatic heterocycles. The number of nitrogens with zero attached hydrogens (tertiary/aromatic N) is 1. The van der Waals surface area contributed by atoms with Gasteiger partial charge in [-0.05, 0) is 55.6 Å². The molecule has 138 valence electrons. The molecule has 0 amide bonds. The Kier molecular flexibility index (Phi) is 7.44. The maximum Gasteiger partial charge on any atom is 0.161 e. The predicted molar refractivity (Wildman–Crippen MR) is 101 cm³/mol. The summed E-state index contributed by atoms with van der Waals surface area (Å²) in [5.74, 6) is 1.46. The van der Waals surface area contributed by atoms with Crippen molar-refractivity contribution in [2.75, 3.05) is 6.61 Å². The highest BCUT2D eigenvalue weighted by atomic mass is 16.5. The van der Waals surface area contributed by atoms with Gasteiger partial charge in [-0.2, -0.15) is 5.26 Å². The third kappa shape index (κ3) is 5.54. The molecular weight excluding hydrogens is 310 g/mol. The summed E-state index contributed by atoms with van der Waals surface area (Å²) in [6.45, 7) is 6.97. The summed E-state index contributed by atoms with van der Waals surface area (Å²) in [4.78, 5) is 12.5. The third-order valence-electron chi connectivity index (χ3n) is 5.77. The molecule has 0 N–H and O–H groups in total. The van der Waals surface area contributed by atoms with Crippen molar-refractivity contribution in [1.29, 1.82) is 5.26 Å². The van der Waals surface area contributed by atoms with Gasteiger partial charge in [0.05, 0.1) is 12.2 Å². The van der Waals surface area contributed by atoms with Crippen molar-refractivity contribution in [2.45, 2.75) is 78.2 Å². The zero-order chi connectivity index (χ0) is 18.3. The zero-order valence-electron chi connectivity index (χ0n) is 16.1. The average molecular weight is 344 g/mol. The molecule has 0 unspecified atom stereocenters. The van der Waals surface area contributed by atoms with Gasteiger partial charge in [-0.25, -0.2) is 0 Å². The van der Waals surface area contributed by atoms with E-state index in [1.54, 1.807) is 0 Å². The summed E-state index contributed by atoms with van der Waals surface area (Å²) < 4.78 is 5.94. The maximum absolute atomic E-state index is 12.5. The van der Waals surface area contributed by atoms with Gasteiger partial charge in [-0.15, -0.1) is 0 Å². The van der Waals surface area contributed by atoms with Crippen molar-refractivity contribution >= 4 is 5.78 Å². The Balaban J connectivity index is 1.84. The fraction of sp³-hybridized carbons (Fsp3) is 0.727. The molecule has 3 heteroatoms. The number of fused-ring (bicyclic) bond motifs is 1. The van der Waals surface area contributed by atoms with E-state index in [2.05, 4.69) is 39.0 Å². The highest BCUT2D eigenvalue weighted by Crippen LogP contribution is 2.45. The molecule has 1 saturated carbocycles. The number of nitriles is 1. The smallest absolute Gasteiger partial charge is 0.161 e. The molecule has 0 bridgehead atoms. The minimum atomic E-state index is -0.257. The van der Waals surface area contributed by atoms with E-state index in [9.17, 15) is 4.79 Å². The Hall–Kier alpha value is -1.40. The van der Waals surface area contributed by atoms with Crippen LogP contribution in [0.15, 0.2) is 23.8 Å². The number of ketones is 1. The monoisotopic (exact) mass is 343 g/mol. The van der Waals surface area contributed by atoms with Gasteiger partial charge < -0.3 is 4.74 Å². The first-order chi connectivity index (χ1) is 12.0. The topological polar surface area (TPSA) is 50.1 Å². The van der Waals surface area contributed by atoms with E-state index in [0.29, 0.717) is 31.0 Å². The summed E-state index contributed by atoms with van der Waals surface area (Å²) in [6.07, 6.45) is 14.4. The summed E-state index contributed by atoms with van der Waals surface area (Å²) in [5.41, 5.74) is 1.07. The van der Waals surface area contributed by atoms with Crippen LogP contribution >= 0.6 is 0 Å². The lowest BCUT2D eigenvalue weighted by molar-refractivity contribution is -0.122. The van der Waals surface area contributed by atoms with Crippen LogP contribution in [0.25, 0.3) is 0 Å². The van der Waals surface area contributed by atoms with E-state index in [1.807, 2.05) is 6.08 Å². The molecule has 0 heterocycles. The van der Waals surface area contributed by atoms with Gasteiger partial charge in [0, 0.05) is 18.4 Å². The van der Waals surface area contributed by atoms with Crippen LogP contribution in [-0.4, -0.2) is 18.5 Å². The third-order valence-corrected chi connectivity index (χ3v) is 5.77. The van der Waals surface area contributed by atoms with Crippen LogP contribution in [0.3, 0.4) is 0 Å². The van der Waals surface area contributed by atoms with Gasteiger partial charge in [0.2, 0.25) is 0 Å². The second kappa shape index (κ2) is 9.34. The van der Waals surface area contributed by atoms with Gasteiger partial charge in [0.25, 0.3) is 0 Å². The van der Waals surface area contributed by atoms with E-state index >= 15 is 0 Å². The highest BCUT2D eigenvalue weighted by Gasteiger charge is 2.38. The minimum absolute atomic E-state index is 0.243. The molecule has 2 rings (SSSR count). The van der Waals surface area contributed by atoms with E-state index in [0.717, 1.165) is 44.9 Å². The van der Waals surface area contributed by atoms with Crippen molar-refractivity contribution in [3.8, 4) is 6.07 Å². The lowest BCUT2D eigenvalue weighted by atomic mass is 9.82. The number of hydrogen-bond donors (Lipinski definition) is 0. The normalized spacial score (nSPS) is 25.8. The van der Waals surface area contributed by atoms with Gasteiger partial charge in [-0.1, -0.05) is 45.8 Å². The van der Waals surface area contributed by atoms with Crippen molar-refractivity contribution < 1.29 is 9.53 Å². The van der Waals surface area contributed by atoms with Gasteiger partial charge in [0.1, 0.15) is 0 Å². The van der Waals surface area contributed by atoms with Crippen molar-refractivity contribution in [3.05, 3.63) is 23.8 Å². The molecular formula is C22H33NO2. The zero-order valence-corrected chi connectivity index (χ0v) is 16.1. The first-order valence-electron chi connectivity index (χ1n) is 9.89. The summed E-state index contributed by atoms with van der Waals surface area (Å²) >= 11 is 0. The fourth-order valence-corrected chi connectivity index (χ4v) is 4.05.